The second-order valence-corrected chi connectivity index (χ2v) is 5.51. The third-order valence-corrected chi connectivity index (χ3v) is 3.55. The van der Waals surface area contributed by atoms with E-state index in [0.29, 0.717) is 28.7 Å². The Balaban J connectivity index is 1.85. The predicted molar refractivity (Wildman–Crippen MR) is 89.4 cm³/mol. The predicted octanol–water partition coefficient (Wildman–Crippen LogP) is 4.74. The van der Waals surface area contributed by atoms with E-state index in [0.717, 1.165) is 11.3 Å². The van der Waals surface area contributed by atoms with Crippen molar-refractivity contribution in [3.63, 3.8) is 0 Å². The molecule has 5 heteroatoms. The zero-order chi connectivity index (χ0) is 15.2. The number of benzene rings is 2. The summed E-state index contributed by atoms with van der Waals surface area (Å²) in [6.45, 7) is 2.44. The van der Waals surface area contributed by atoms with E-state index in [9.17, 15) is 4.79 Å². The molecule has 0 heterocycles. The highest BCUT2D eigenvalue weighted by Crippen LogP contribution is 2.29. The lowest BCUT2D eigenvalue weighted by atomic mass is 10.2. The molecule has 2 aromatic carbocycles. The summed E-state index contributed by atoms with van der Waals surface area (Å²) in [6, 6.07) is 13.0. The van der Waals surface area contributed by atoms with Crippen LogP contribution in [0.15, 0.2) is 42.5 Å². The van der Waals surface area contributed by atoms with Gasteiger partial charge in [0, 0.05) is 18.7 Å². The minimum absolute atomic E-state index is 0.0590. The second kappa shape index (κ2) is 7.34. The Morgan fingerprint density at radius 1 is 1.10 bits per heavy atom. The Kier molecular flexibility index (Phi) is 5.48. The van der Waals surface area contributed by atoms with Gasteiger partial charge in [0.15, 0.2) is 0 Å². The van der Waals surface area contributed by atoms with Gasteiger partial charge in [0.2, 0.25) is 5.91 Å². The van der Waals surface area contributed by atoms with Crippen LogP contribution < -0.4 is 10.6 Å². The molecular weight excluding hydrogens is 307 g/mol. The van der Waals surface area contributed by atoms with Crippen LogP contribution in [-0.4, -0.2) is 12.5 Å². The number of anilines is 2. The highest BCUT2D eigenvalue weighted by Gasteiger charge is 2.06. The van der Waals surface area contributed by atoms with Crippen molar-refractivity contribution >= 4 is 40.5 Å². The summed E-state index contributed by atoms with van der Waals surface area (Å²) >= 11 is 12.1. The fourth-order valence-corrected chi connectivity index (χ4v) is 2.45. The number of halogens is 2. The fourth-order valence-electron chi connectivity index (χ4n) is 1.91. The number of nitrogens with one attached hydrogen (secondary N) is 2. The number of rotatable bonds is 5. The van der Waals surface area contributed by atoms with Crippen molar-refractivity contribution in [1.82, 2.24) is 0 Å². The molecule has 0 atom stereocenters. The van der Waals surface area contributed by atoms with E-state index in [4.69, 9.17) is 23.2 Å². The summed E-state index contributed by atoms with van der Waals surface area (Å²) in [4.78, 5) is 11.9. The van der Waals surface area contributed by atoms with Crippen molar-refractivity contribution in [2.24, 2.45) is 0 Å². The minimum atomic E-state index is -0.0590. The summed E-state index contributed by atoms with van der Waals surface area (Å²) in [7, 11) is 0. The van der Waals surface area contributed by atoms with Crippen molar-refractivity contribution in [2.45, 2.75) is 13.3 Å². The van der Waals surface area contributed by atoms with Crippen molar-refractivity contribution in [3.8, 4) is 0 Å². The van der Waals surface area contributed by atoms with Gasteiger partial charge in [-0.25, -0.2) is 0 Å². The maximum Gasteiger partial charge on any atom is 0.226 e. The number of carbonyl (C=O) groups is 1. The Bertz CT molecular complexity index is 624. The molecule has 2 N–H and O–H groups in total. The second-order valence-electron chi connectivity index (χ2n) is 4.69. The van der Waals surface area contributed by atoms with Gasteiger partial charge in [-0.1, -0.05) is 41.4 Å². The highest BCUT2D eigenvalue weighted by molar-refractivity contribution is 6.39. The molecule has 1 amide bonds. The highest BCUT2D eigenvalue weighted by atomic mass is 35.5. The van der Waals surface area contributed by atoms with Gasteiger partial charge in [-0.05, 0) is 36.8 Å². The smallest absolute Gasteiger partial charge is 0.226 e. The lowest BCUT2D eigenvalue weighted by molar-refractivity contribution is -0.115. The molecule has 110 valence electrons. The van der Waals surface area contributed by atoms with Crippen LogP contribution in [0.25, 0.3) is 0 Å². The number of carbonyl (C=O) groups excluding carboxylic acids is 1. The van der Waals surface area contributed by atoms with Gasteiger partial charge in [0.05, 0.1) is 15.7 Å². The van der Waals surface area contributed by atoms with Crippen LogP contribution in [0.3, 0.4) is 0 Å². The van der Waals surface area contributed by atoms with Crippen molar-refractivity contribution in [1.29, 1.82) is 0 Å². The summed E-state index contributed by atoms with van der Waals surface area (Å²) in [5.74, 6) is -0.0590. The Morgan fingerprint density at radius 2 is 1.76 bits per heavy atom. The largest absolute Gasteiger partial charge is 0.382 e. The molecule has 0 unspecified atom stereocenters. The quantitative estimate of drug-likeness (QED) is 0.834. The Morgan fingerprint density at radius 3 is 2.43 bits per heavy atom. The molecule has 3 nitrogen and oxygen atoms in total. The Labute approximate surface area is 134 Å². The first-order valence-electron chi connectivity index (χ1n) is 6.60. The van der Waals surface area contributed by atoms with Crippen LogP contribution in [0.1, 0.15) is 12.0 Å². The first-order chi connectivity index (χ1) is 10.1. The van der Waals surface area contributed by atoms with Gasteiger partial charge >= 0.3 is 0 Å². The molecule has 0 radical (unpaired) electrons. The third-order valence-electron chi connectivity index (χ3n) is 2.92. The van der Waals surface area contributed by atoms with Crippen LogP contribution in [0.5, 0.6) is 0 Å². The molecule has 0 saturated heterocycles. The maximum atomic E-state index is 11.9. The standard InChI is InChI=1S/C16H16Cl2N2O/c1-11-4-2-5-12(10-11)20-15(21)8-9-19-16-13(17)6-3-7-14(16)18/h2-7,10,19H,8-9H2,1H3,(H,20,21). The van der Waals surface area contributed by atoms with E-state index >= 15 is 0 Å². The monoisotopic (exact) mass is 322 g/mol. The molecule has 2 aromatic rings. The molecule has 0 bridgehead atoms. The SMILES string of the molecule is Cc1cccc(NC(=O)CCNc2c(Cl)cccc2Cl)c1. The number of aryl methyl sites for hydroxylation is 1. The molecule has 0 aliphatic rings. The van der Waals surface area contributed by atoms with Gasteiger partial charge in [-0.15, -0.1) is 0 Å². The summed E-state index contributed by atoms with van der Waals surface area (Å²) in [5.41, 5.74) is 2.56. The van der Waals surface area contributed by atoms with Gasteiger partial charge in [-0.2, -0.15) is 0 Å². The normalized spacial score (nSPS) is 10.2. The minimum Gasteiger partial charge on any atom is -0.382 e. The van der Waals surface area contributed by atoms with Crippen LogP contribution in [0.2, 0.25) is 10.0 Å². The number of para-hydroxylation sites is 1. The zero-order valence-corrected chi connectivity index (χ0v) is 13.1. The van der Waals surface area contributed by atoms with Gasteiger partial charge in [0.1, 0.15) is 0 Å². The molecule has 0 fully saturated rings. The van der Waals surface area contributed by atoms with Crippen molar-refractivity contribution in [2.75, 3.05) is 17.2 Å². The summed E-state index contributed by atoms with van der Waals surface area (Å²) in [5, 5.41) is 7.02. The fraction of sp³-hybridized carbons (Fsp3) is 0.188. The van der Waals surface area contributed by atoms with Crippen LogP contribution in [-0.2, 0) is 4.79 Å². The first kappa shape index (κ1) is 15.7. The van der Waals surface area contributed by atoms with Crippen LogP contribution in [0.4, 0.5) is 11.4 Å². The lowest BCUT2D eigenvalue weighted by Crippen LogP contribution is -2.16. The number of hydrogen-bond acceptors (Lipinski definition) is 2. The van der Waals surface area contributed by atoms with Crippen molar-refractivity contribution < 1.29 is 4.79 Å². The zero-order valence-electron chi connectivity index (χ0n) is 11.6. The van der Waals surface area contributed by atoms with Gasteiger partial charge in [0.25, 0.3) is 0 Å². The van der Waals surface area contributed by atoms with E-state index in [-0.39, 0.29) is 5.91 Å². The maximum absolute atomic E-state index is 11.9. The Hall–Kier alpha value is -1.71. The van der Waals surface area contributed by atoms with Gasteiger partial charge < -0.3 is 10.6 Å². The molecule has 0 aliphatic heterocycles. The molecule has 0 aliphatic carbocycles. The van der Waals surface area contributed by atoms with E-state index in [2.05, 4.69) is 10.6 Å². The van der Waals surface area contributed by atoms with Crippen molar-refractivity contribution in [3.05, 3.63) is 58.1 Å². The molecule has 0 spiro atoms. The van der Waals surface area contributed by atoms with E-state index in [1.54, 1.807) is 18.2 Å². The van der Waals surface area contributed by atoms with E-state index in [1.807, 2.05) is 31.2 Å². The van der Waals surface area contributed by atoms with Crippen LogP contribution >= 0.6 is 23.2 Å². The van der Waals surface area contributed by atoms with E-state index in [1.165, 1.54) is 0 Å². The van der Waals surface area contributed by atoms with Gasteiger partial charge in [-0.3, -0.25) is 4.79 Å². The number of hydrogen-bond donors (Lipinski definition) is 2. The lowest BCUT2D eigenvalue weighted by Gasteiger charge is -2.10. The average molecular weight is 323 g/mol. The van der Waals surface area contributed by atoms with E-state index < -0.39 is 0 Å². The topological polar surface area (TPSA) is 41.1 Å². The molecular formula is C16H16Cl2N2O. The third kappa shape index (κ3) is 4.66. The average Bonchev–Trinajstić information content (AvgIpc) is 2.42. The molecule has 0 saturated carbocycles. The molecule has 21 heavy (non-hydrogen) atoms. The summed E-state index contributed by atoms with van der Waals surface area (Å²) in [6.07, 6.45) is 0.329. The summed E-state index contributed by atoms with van der Waals surface area (Å²) < 4.78 is 0. The van der Waals surface area contributed by atoms with Crippen LogP contribution in [0, 0.1) is 6.92 Å². The molecule has 0 aromatic heterocycles. The number of amides is 1. The first-order valence-corrected chi connectivity index (χ1v) is 7.36. The molecule has 2 rings (SSSR count).